The summed E-state index contributed by atoms with van der Waals surface area (Å²) >= 11 is 0. The van der Waals surface area contributed by atoms with Crippen LogP contribution >= 0.6 is 0 Å². The molecule has 0 aromatic heterocycles. The molecular weight excluding hydrogens is 204 g/mol. The molecule has 2 atom stereocenters. The maximum atomic E-state index is 10.7. The Morgan fingerprint density at radius 1 is 1.38 bits per heavy atom. The maximum Gasteiger partial charge on any atom is 0.306 e. The summed E-state index contributed by atoms with van der Waals surface area (Å²) in [6.45, 7) is 1.67. The van der Waals surface area contributed by atoms with E-state index in [2.05, 4.69) is 0 Å². The van der Waals surface area contributed by atoms with Crippen molar-refractivity contribution in [3.8, 4) is 0 Å². The van der Waals surface area contributed by atoms with E-state index in [1.54, 1.807) is 6.92 Å². The zero-order valence-electron chi connectivity index (χ0n) is 9.39. The predicted octanol–water partition coefficient (Wildman–Crippen LogP) is 1.25. The Kier molecular flexibility index (Phi) is 4.31. The molecule has 0 aliphatic rings. The molecule has 0 unspecified atom stereocenters. The monoisotopic (exact) mass is 222 g/mol. The summed E-state index contributed by atoms with van der Waals surface area (Å²) in [4.78, 5) is 10.7. The van der Waals surface area contributed by atoms with E-state index in [4.69, 9.17) is 16.6 Å². The van der Waals surface area contributed by atoms with E-state index >= 15 is 0 Å². The fourth-order valence-electron chi connectivity index (χ4n) is 1.59. The van der Waals surface area contributed by atoms with Crippen LogP contribution in [-0.2, 0) is 11.2 Å². The van der Waals surface area contributed by atoms with Gasteiger partial charge in [0.25, 0.3) is 0 Å². The number of nitrogen functional groups attached to an aromatic ring is 1. The van der Waals surface area contributed by atoms with Crippen LogP contribution < -0.4 is 11.5 Å². The minimum absolute atomic E-state index is 0.130. The molecule has 0 aliphatic heterocycles. The molecule has 0 aliphatic carbocycles. The Morgan fingerprint density at radius 3 is 2.44 bits per heavy atom. The number of hydrogen-bond acceptors (Lipinski definition) is 3. The van der Waals surface area contributed by atoms with E-state index in [9.17, 15) is 4.79 Å². The molecule has 5 N–H and O–H groups in total. The van der Waals surface area contributed by atoms with Gasteiger partial charge in [0.2, 0.25) is 0 Å². The van der Waals surface area contributed by atoms with Crippen molar-refractivity contribution in [2.45, 2.75) is 25.8 Å². The second-order valence-electron chi connectivity index (χ2n) is 4.18. The molecule has 16 heavy (non-hydrogen) atoms. The van der Waals surface area contributed by atoms with Gasteiger partial charge in [0.05, 0.1) is 5.92 Å². The van der Waals surface area contributed by atoms with Gasteiger partial charge in [-0.3, -0.25) is 4.79 Å². The van der Waals surface area contributed by atoms with Crippen LogP contribution in [0.25, 0.3) is 0 Å². The topological polar surface area (TPSA) is 89.3 Å². The number of nitrogens with two attached hydrogens (primary N) is 2. The quantitative estimate of drug-likeness (QED) is 0.654. The van der Waals surface area contributed by atoms with Gasteiger partial charge >= 0.3 is 5.97 Å². The van der Waals surface area contributed by atoms with Gasteiger partial charge in [0.1, 0.15) is 0 Å². The van der Waals surface area contributed by atoms with E-state index < -0.39 is 11.9 Å². The summed E-state index contributed by atoms with van der Waals surface area (Å²) in [7, 11) is 0. The molecule has 0 amide bonds. The summed E-state index contributed by atoms with van der Waals surface area (Å²) < 4.78 is 0. The number of anilines is 1. The number of aliphatic carboxylic acids is 1. The fraction of sp³-hybridized carbons (Fsp3) is 0.417. The highest BCUT2D eigenvalue weighted by Crippen LogP contribution is 2.11. The highest BCUT2D eigenvalue weighted by molar-refractivity contribution is 5.69. The van der Waals surface area contributed by atoms with Gasteiger partial charge in [0.15, 0.2) is 0 Å². The molecule has 4 heteroatoms. The molecule has 1 aromatic rings. The van der Waals surface area contributed by atoms with Crippen LogP contribution in [0.3, 0.4) is 0 Å². The highest BCUT2D eigenvalue weighted by atomic mass is 16.4. The van der Waals surface area contributed by atoms with Gasteiger partial charge in [-0.25, -0.2) is 0 Å². The largest absolute Gasteiger partial charge is 0.481 e. The van der Waals surface area contributed by atoms with E-state index in [-0.39, 0.29) is 6.04 Å². The van der Waals surface area contributed by atoms with Crippen molar-refractivity contribution in [3.63, 3.8) is 0 Å². The number of carboxylic acids is 1. The van der Waals surface area contributed by atoms with Crippen molar-refractivity contribution < 1.29 is 9.90 Å². The minimum Gasteiger partial charge on any atom is -0.481 e. The van der Waals surface area contributed by atoms with Crippen LogP contribution in [0.4, 0.5) is 5.69 Å². The number of carbonyl (C=O) groups is 1. The van der Waals surface area contributed by atoms with Crippen LogP contribution in [0.1, 0.15) is 18.9 Å². The number of rotatable bonds is 5. The predicted molar refractivity (Wildman–Crippen MR) is 64.0 cm³/mol. The van der Waals surface area contributed by atoms with E-state index in [0.29, 0.717) is 12.8 Å². The first-order chi connectivity index (χ1) is 7.49. The number of carboxylic acid groups (broad SMARTS) is 1. The van der Waals surface area contributed by atoms with Crippen molar-refractivity contribution in [3.05, 3.63) is 29.8 Å². The second-order valence-corrected chi connectivity index (χ2v) is 4.18. The summed E-state index contributed by atoms with van der Waals surface area (Å²) in [6, 6.07) is 7.35. The van der Waals surface area contributed by atoms with Crippen LogP contribution in [-0.4, -0.2) is 17.1 Å². The number of hydrogen-bond donors (Lipinski definition) is 3. The molecule has 1 aromatic carbocycles. The van der Waals surface area contributed by atoms with Gasteiger partial charge in [-0.15, -0.1) is 0 Å². The molecule has 0 bridgehead atoms. The lowest BCUT2D eigenvalue weighted by molar-refractivity contribution is -0.141. The first-order valence-electron chi connectivity index (χ1n) is 5.32. The molecule has 0 saturated heterocycles. The summed E-state index contributed by atoms with van der Waals surface area (Å²) in [6.07, 6.45) is 1.16. The molecule has 0 spiro atoms. The lowest BCUT2D eigenvalue weighted by atomic mass is 9.97. The second kappa shape index (κ2) is 5.51. The lowest BCUT2D eigenvalue weighted by Crippen LogP contribution is -2.28. The van der Waals surface area contributed by atoms with Crippen molar-refractivity contribution in [2.24, 2.45) is 11.7 Å². The SMILES string of the molecule is C[C@@H](C[C@@H](N)Cc1ccc(N)cc1)C(=O)O. The Balaban J connectivity index is 2.48. The first-order valence-corrected chi connectivity index (χ1v) is 5.32. The van der Waals surface area contributed by atoms with Gasteiger partial charge < -0.3 is 16.6 Å². The average Bonchev–Trinajstić information content (AvgIpc) is 2.21. The standard InChI is InChI=1S/C12H18N2O2/c1-8(12(15)16)6-11(14)7-9-2-4-10(13)5-3-9/h2-5,8,11H,6-7,13-14H2,1H3,(H,15,16)/t8-,11+/m0/s1. The summed E-state index contributed by atoms with van der Waals surface area (Å²) in [5, 5.41) is 8.76. The molecule has 4 nitrogen and oxygen atoms in total. The third-order valence-electron chi connectivity index (χ3n) is 2.56. The molecule has 0 fully saturated rings. The van der Waals surface area contributed by atoms with Crippen molar-refractivity contribution >= 4 is 11.7 Å². The van der Waals surface area contributed by atoms with Gasteiger partial charge in [0, 0.05) is 11.7 Å². The normalized spacial score (nSPS) is 14.4. The summed E-state index contributed by atoms with van der Waals surface area (Å²) in [5.41, 5.74) is 13.3. The van der Waals surface area contributed by atoms with Crippen molar-refractivity contribution in [1.29, 1.82) is 0 Å². The van der Waals surface area contributed by atoms with Crippen LogP contribution in [0, 0.1) is 5.92 Å². The van der Waals surface area contributed by atoms with Crippen LogP contribution in [0.2, 0.25) is 0 Å². The highest BCUT2D eigenvalue weighted by Gasteiger charge is 2.15. The average molecular weight is 222 g/mol. The Morgan fingerprint density at radius 2 is 1.94 bits per heavy atom. The molecule has 88 valence electrons. The Bertz CT molecular complexity index is 349. The molecular formula is C12H18N2O2. The van der Waals surface area contributed by atoms with Crippen LogP contribution in [0.5, 0.6) is 0 Å². The molecule has 0 heterocycles. The number of benzene rings is 1. The maximum absolute atomic E-state index is 10.7. The fourth-order valence-corrected chi connectivity index (χ4v) is 1.59. The first kappa shape index (κ1) is 12.5. The van der Waals surface area contributed by atoms with Gasteiger partial charge in [-0.1, -0.05) is 19.1 Å². The molecule has 1 rings (SSSR count). The third-order valence-corrected chi connectivity index (χ3v) is 2.56. The molecule has 0 radical (unpaired) electrons. The van der Waals surface area contributed by atoms with Crippen LogP contribution in [0.15, 0.2) is 24.3 Å². The molecule has 0 saturated carbocycles. The zero-order chi connectivity index (χ0) is 12.1. The minimum atomic E-state index is -0.798. The zero-order valence-corrected chi connectivity index (χ0v) is 9.39. The van der Waals surface area contributed by atoms with Gasteiger partial charge in [-0.05, 0) is 30.5 Å². The van der Waals surface area contributed by atoms with Gasteiger partial charge in [-0.2, -0.15) is 0 Å². The van der Waals surface area contributed by atoms with E-state index in [1.165, 1.54) is 0 Å². The third kappa shape index (κ3) is 3.90. The lowest BCUT2D eigenvalue weighted by Gasteiger charge is -2.14. The van der Waals surface area contributed by atoms with E-state index in [0.717, 1.165) is 11.3 Å². The Labute approximate surface area is 95.3 Å². The Hall–Kier alpha value is -1.55. The van der Waals surface area contributed by atoms with E-state index in [1.807, 2.05) is 24.3 Å². The van der Waals surface area contributed by atoms with Crippen molar-refractivity contribution in [1.82, 2.24) is 0 Å². The van der Waals surface area contributed by atoms with Crippen molar-refractivity contribution in [2.75, 3.05) is 5.73 Å². The summed E-state index contributed by atoms with van der Waals surface area (Å²) in [5.74, 6) is -1.20. The smallest absolute Gasteiger partial charge is 0.306 e.